The summed E-state index contributed by atoms with van der Waals surface area (Å²) in [4.78, 5) is 0. The van der Waals surface area contributed by atoms with E-state index in [2.05, 4.69) is 0 Å². The zero-order valence-electron chi connectivity index (χ0n) is 17.9. The largest absolute Gasteiger partial charge is 0.491 e. The van der Waals surface area contributed by atoms with Crippen LogP contribution in [-0.2, 0) is 29.0 Å². The van der Waals surface area contributed by atoms with Crippen molar-refractivity contribution < 1.29 is 48.1 Å². The normalized spacial score (nSPS) is 11.8. The summed E-state index contributed by atoms with van der Waals surface area (Å²) in [5, 5.41) is 37.5. The topological polar surface area (TPSA) is 131 Å². The van der Waals surface area contributed by atoms with Crippen molar-refractivity contribution in [1.82, 2.24) is 0 Å². The van der Waals surface area contributed by atoms with Gasteiger partial charge in [-0.3, -0.25) is 0 Å². The SMILES string of the molecule is O.OB1OCc2cc(F)ccc21.OCc1cc(F)ccc1BOB(O)c1ccc(F)cc1CO. The summed E-state index contributed by atoms with van der Waals surface area (Å²) in [5.74, 6) is -1.29. The summed E-state index contributed by atoms with van der Waals surface area (Å²) < 4.78 is 48.8. The Morgan fingerprint density at radius 1 is 0.912 bits per heavy atom. The molecule has 0 aliphatic carbocycles. The minimum absolute atomic E-state index is 0. The first kappa shape index (κ1) is 27.6. The minimum Gasteiger partial charge on any atom is -0.470 e. The summed E-state index contributed by atoms with van der Waals surface area (Å²) in [6.07, 6.45) is 0. The lowest BCUT2D eigenvalue weighted by Gasteiger charge is -2.13. The molecule has 1 aliphatic heterocycles. The van der Waals surface area contributed by atoms with Crippen molar-refractivity contribution in [3.8, 4) is 0 Å². The molecule has 0 fully saturated rings. The van der Waals surface area contributed by atoms with E-state index in [1.54, 1.807) is 6.07 Å². The first-order chi connectivity index (χ1) is 15.8. The van der Waals surface area contributed by atoms with E-state index < -0.39 is 32.5 Å². The molecule has 3 aromatic rings. The van der Waals surface area contributed by atoms with Crippen molar-refractivity contribution in [2.45, 2.75) is 19.8 Å². The summed E-state index contributed by atoms with van der Waals surface area (Å²) >= 11 is 0. The van der Waals surface area contributed by atoms with E-state index in [0.29, 0.717) is 23.1 Å². The molecule has 34 heavy (non-hydrogen) atoms. The monoisotopic (exact) mass is 476 g/mol. The molecule has 0 saturated heterocycles. The highest BCUT2D eigenvalue weighted by atomic mass is 19.1. The van der Waals surface area contributed by atoms with E-state index in [-0.39, 0.29) is 36.4 Å². The molecule has 13 heteroatoms. The van der Waals surface area contributed by atoms with Gasteiger partial charge >= 0.3 is 14.2 Å². The summed E-state index contributed by atoms with van der Waals surface area (Å²) in [6, 6.07) is 11.7. The molecule has 7 nitrogen and oxygen atoms in total. The van der Waals surface area contributed by atoms with Crippen LogP contribution in [0.1, 0.15) is 16.7 Å². The van der Waals surface area contributed by atoms with Gasteiger partial charge in [0.2, 0.25) is 0 Å². The number of halogens is 3. The van der Waals surface area contributed by atoms with Crippen molar-refractivity contribution in [1.29, 1.82) is 0 Å². The predicted molar refractivity (Wildman–Crippen MR) is 123 cm³/mol. The molecule has 0 bridgehead atoms. The Hall–Kier alpha value is -2.64. The fourth-order valence-corrected chi connectivity index (χ4v) is 3.29. The molecule has 0 aromatic heterocycles. The number of rotatable bonds is 6. The molecule has 1 heterocycles. The maximum absolute atomic E-state index is 13.1. The third-order valence-corrected chi connectivity index (χ3v) is 5.04. The van der Waals surface area contributed by atoms with Crippen LogP contribution in [0.5, 0.6) is 0 Å². The average Bonchev–Trinajstić information content (AvgIpc) is 3.17. The lowest BCUT2D eigenvalue weighted by atomic mass is 9.72. The molecule has 1 aliphatic rings. The lowest BCUT2D eigenvalue weighted by Crippen LogP contribution is -2.40. The van der Waals surface area contributed by atoms with E-state index in [9.17, 15) is 28.4 Å². The Bertz CT molecular complexity index is 1110. The van der Waals surface area contributed by atoms with Gasteiger partial charge in [-0.15, -0.1) is 0 Å². The van der Waals surface area contributed by atoms with Crippen LogP contribution in [-0.4, -0.2) is 47.5 Å². The summed E-state index contributed by atoms with van der Waals surface area (Å²) in [5.41, 5.74) is 2.75. The Morgan fingerprint density at radius 3 is 2.18 bits per heavy atom. The molecule has 0 spiro atoms. The van der Waals surface area contributed by atoms with Crippen molar-refractivity contribution in [3.63, 3.8) is 0 Å². The quantitative estimate of drug-likeness (QED) is 0.323. The van der Waals surface area contributed by atoms with Gasteiger partial charge in [0.05, 0.1) is 19.8 Å². The second-order valence-electron chi connectivity index (χ2n) is 7.24. The van der Waals surface area contributed by atoms with E-state index in [0.717, 1.165) is 17.7 Å². The van der Waals surface area contributed by atoms with Crippen LogP contribution in [0.25, 0.3) is 0 Å². The third kappa shape index (κ3) is 6.94. The van der Waals surface area contributed by atoms with Crippen LogP contribution in [0.3, 0.4) is 0 Å². The molecular weight excluding hydrogens is 454 g/mol. The molecule has 6 N–H and O–H groups in total. The van der Waals surface area contributed by atoms with Crippen molar-refractivity contribution in [2.24, 2.45) is 0 Å². The van der Waals surface area contributed by atoms with Crippen LogP contribution in [0.4, 0.5) is 13.2 Å². The minimum atomic E-state index is -1.38. The highest BCUT2D eigenvalue weighted by Gasteiger charge is 2.27. The number of hydrogen-bond acceptors (Lipinski definition) is 6. The first-order valence-electron chi connectivity index (χ1n) is 9.97. The van der Waals surface area contributed by atoms with Crippen LogP contribution in [0.2, 0.25) is 0 Å². The highest BCUT2D eigenvalue weighted by molar-refractivity contribution is 6.68. The van der Waals surface area contributed by atoms with Crippen LogP contribution < -0.4 is 16.4 Å². The van der Waals surface area contributed by atoms with Crippen LogP contribution >= 0.6 is 0 Å². The van der Waals surface area contributed by atoms with Crippen LogP contribution in [0.15, 0.2) is 54.6 Å². The highest BCUT2D eigenvalue weighted by Crippen LogP contribution is 2.10. The Morgan fingerprint density at radius 2 is 1.50 bits per heavy atom. The fraction of sp³-hybridized carbons (Fsp3) is 0.143. The average molecular weight is 476 g/mol. The molecule has 0 saturated carbocycles. The van der Waals surface area contributed by atoms with Crippen molar-refractivity contribution in [3.05, 3.63) is 88.7 Å². The molecular formula is C21H22B3F3O7. The smallest absolute Gasteiger partial charge is 0.470 e. The van der Waals surface area contributed by atoms with E-state index in [1.165, 1.54) is 36.4 Å². The maximum Gasteiger partial charge on any atom is 0.491 e. The molecule has 3 aromatic carbocycles. The fourth-order valence-electron chi connectivity index (χ4n) is 3.29. The van der Waals surface area contributed by atoms with Gasteiger partial charge in [0, 0.05) is 0 Å². The molecule has 0 amide bonds. The van der Waals surface area contributed by atoms with Gasteiger partial charge in [-0.2, -0.15) is 0 Å². The van der Waals surface area contributed by atoms with Gasteiger partial charge in [-0.05, 0) is 69.5 Å². The molecule has 0 atom stereocenters. The van der Waals surface area contributed by atoms with E-state index >= 15 is 0 Å². The maximum atomic E-state index is 13.1. The first-order valence-corrected chi connectivity index (χ1v) is 9.97. The third-order valence-electron chi connectivity index (χ3n) is 5.04. The van der Waals surface area contributed by atoms with Gasteiger partial charge in [0.15, 0.2) is 0 Å². The van der Waals surface area contributed by atoms with Crippen molar-refractivity contribution in [2.75, 3.05) is 0 Å². The second kappa shape index (κ2) is 12.7. The number of fused-ring (bicyclic) bond motifs is 1. The zero-order chi connectivity index (χ0) is 24.0. The number of hydrogen-bond donors (Lipinski definition) is 4. The van der Waals surface area contributed by atoms with E-state index in [1.807, 2.05) is 0 Å². The van der Waals surface area contributed by atoms with Crippen molar-refractivity contribution >= 4 is 38.1 Å². The summed E-state index contributed by atoms with van der Waals surface area (Å²) in [7, 11) is -2.32. The zero-order valence-corrected chi connectivity index (χ0v) is 17.9. The molecule has 0 radical (unpaired) electrons. The van der Waals surface area contributed by atoms with E-state index in [4.69, 9.17) is 14.3 Å². The summed E-state index contributed by atoms with van der Waals surface area (Å²) in [6.45, 7) is -0.495. The Balaban J connectivity index is 0.000000284. The standard InChI is InChI=1S/C14H14B2F2O4.C7H6BFO2.H2O/c17-11-1-3-13(9(5-11)7-19)15-22-16(21)14-4-2-12(18)6-10(14)8-20;9-6-1-2-7-5(3-6)4-11-8(7)10;/h1-6,15,19-21H,7-8H2;1-3,10H,4H2;1H2. The Kier molecular flexibility index (Phi) is 10.3. The number of benzene rings is 3. The van der Waals surface area contributed by atoms with Gasteiger partial charge < -0.3 is 35.0 Å². The Labute approximate surface area is 195 Å². The van der Waals surface area contributed by atoms with Crippen LogP contribution in [0, 0.1) is 17.5 Å². The van der Waals surface area contributed by atoms with Gasteiger partial charge in [0.1, 0.15) is 17.5 Å². The molecule has 178 valence electrons. The van der Waals surface area contributed by atoms with Gasteiger partial charge in [-0.1, -0.05) is 18.2 Å². The van der Waals surface area contributed by atoms with Gasteiger partial charge in [-0.25, -0.2) is 13.2 Å². The number of aliphatic hydroxyl groups is 2. The lowest BCUT2D eigenvalue weighted by molar-refractivity contribution is 0.275. The second-order valence-corrected chi connectivity index (χ2v) is 7.24. The molecule has 0 unspecified atom stereocenters. The number of aliphatic hydroxyl groups excluding tert-OH is 2. The van der Waals surface area contributed by atoms with Gasteiger partial charge in [0.25, 0.3) is 7.48 Å². The molecule has 4 rings (SSSR count). The predicted octanol–water partition coefficient (Wildman–Crippen LogP) is -1.45.